The summed E-state index contributed by atoms with van der Waals surface area (Å²) < 4.78 is 21.0. The lowest BCUT2D eigenvalue weighted by Crippen LogP contribution is -2.51. The Labute approximate surface area is 283 Å². The van der Waals surface area contributed by atoms with Gasteiger partial charge in [-0.05, 0) is 75.4 Å². The second kappa shape index (κ2) is 14.5. The van der Waals surface area contributed by atoms with Gasteiger partial charge < -0.3 is 30.3 Å². The standard InChI is InChI=1S/C36H49FN8O3/c1-36(2,3)48-35(47)45-20-16-41(17-21-45)24-26-10-12-43(13-11-26)31-9-8-27(22-29(31)37)25-42-14-18-44(19-15-42)32-23-30(39-40-34(32)38)28-6-4-5-7-33(28)46/h4-9,22-23,26,46H,10-21,24-25H2,1-3H3,(H2,38,40). The average Bonchev–Trinajstić information content (AvgIpc) is 3.06. The number of carbonyl (C=O) groups excluding carboxylic acids is 1. The van der Waals surface area contributed by atoms with Gasteiger partial charge in [0.25, 0.3) is 0 Å². The number of para-hydroxylation sites is 1. The summed E-state index contributed by atoms with van der Waals surface area (Å²) >= 11 is 0. The molecule has 258 valence electrons. The number of piperidine rings is 1. The van der Waals surface area contributed by atoms with E-state index in [9.17, 15) is 9.90 Å². The number of nitrogens with two attached hydrogens (primary N) is 1. The summed E-state index contributed by atoms with van der Waals surface area (Å²) in [5.41, 5.74) is 9.40. The Morgan fingerprint density at radius 1 is 0.875 bits per heavy atom. The zero-order valence-corrected chi connectivity index (χ0v) is 28.4. The monoisotopic (exact) mass is 660 g/mol. The van der Waals surface area contributed by atoms with Gasteiger partial charge in [0.15, 0.2) is 5.82 Å². The molecule has 2 aromatic carbocycles. The van der Waals surface area contributed by atoms with Gasteiger partial charge in [0, 0.05) is 84.1 Å². The maximum absolute atomic E-state index is 15.4. The van der Waals surface area contributed by atoms with Crippen molar-refractivity contribution in [1.29, 1.82) is 0 Å². The van der Waals surface area contributed by atoms with Gasteiger partial charge in [0.2, 0.25) is 0 Å². The van der Waals surface area contributed by atoms with Crippen molar-refractivity contribution in [3.05, 3.63) is 59.9 Å². The summed E-state index contributed by atoms with van der Waals surface area (Å²) in [7, 11) is 0. The molecule has 3 N–H and O–H groups in total. The van der Waals surface area contributed by atoms with Crippen molar-refractivity contribution < 1.29 is 19.0 Å². The fourth-order valence-electron chi connectivity index (χ4n) is 6.94. The lowest BCUT2D eigenvalue weighted by molar-refractivity contribution is 0.0130. The number of nitrogen functional groups attached to an aromatic ring is 1. The number of aromatic nitrogens is 2. The van der Waals surface area contributed by atoms with E-state index in [2.05, 4.69) is 35.9 Å². The van der Waals surface area contributed by atoms with Crippen molar-refractivity contribution in [2.24, 2.45) is 5.92 Å². The maximum atomic E-state index is 15.4. The molecule has 6 rings (SSSR count). The first-order valence-corrected chi connectivity index (χ1v) is 17.1. The Balaban J connectivity index is 0.953. The molecule has 0 unspecified atom stereocenters. The molecule has 12 heteroatoms. The third-order valence-electron chi connectivity index (χ3n) is 9.61. The molecule has 1 amide bonds. The number of carbonyl (C=O) groups is 1. The van der Waals surface area contributed by atoms with Gasteiger partial charge in [0.1, 0.15) is 17.2 Å². The first-order valence-electron chi connectivity index (χ1n) is 17.1. The lowest BCUT2D eigenvalue weighted by atomic mass is 9.95. The number of ether oxygens (including phenoxy) is 1. The highest BCUT2D eigenvalue weighted by molar-refractivity contribution is 5.74. The molecule has 0 aliphatic carbocycles. The van der Waals surface area contributed by atoms with Gasteiger partial charge in [-0.3, -0.25) is 9.80 Å². The highest BCUT2D eigenvalue weighted by Gasteiger charge is 2.29. The predicted molar refractivity (Wildman–Crippen MR) is 187 cm³/mol. The van der Waals surface area contributed by atoms with Gasteiger partial charge in [-0.1, -0.05) is 18.2 Å². The second-order valence-electron chi connectivity index (χ2n) is 14.3. The quantitative estimate of drug-likeness (QED) is 0.371. The average molecular weight is 661 g/mol. The van der Waals surface area contributed by atoms with Gasteiger partial charge in [-0.2, -0.15) is 0 Å². The van der Waals surface area contributed by atoms with Crippen molar-refractivity contribution in [3.63, 3.8) is 0 Å². The van der Waals surface area contributed by atoms with Crippen molar-refractivity contribution in [2.45, 2.75) is 45.8 Å². The number of amides is 1. The Morgan fingerprint density at radius 3 is 2.21 bits per heavy atom. The maximum Gasteiger partial charge on any atom is 0.410 e. The number of rotatable bonds is 7. The molecule has 0 bridgehead atoms. The van der Waals surface area contributed by atoms with E-state index >= 15 is 4.39 Å². The third kappa shape index (κ3) is 8.27. The third-order valence-corrected chi connectivity index (χ3v) is 9.61. The van der Waals surface area contributed by atoms with Crippen LogP contribution in [0.5, 0.6) is 5.75 Å². The molecule has 0 saturated carbocycles. The summed E-state index contributed by atoms with van der Waals surface area (Å²) in [6, 6.07) is 14.7. The number of aromatic hydroxyl groups is 1. The van der Waals surface area contributed by atoms with E-state index in [1.54, 1.807) is 18.2 Å². The largest absolute Gasteiger partial charge is 0.507 e. The van der Waals surface area contributed by atoms with Crippen LogP contribution in [0.15, 0.2) is 48.5 Å². The Kier molecular flexibility index (Phi) is 10.2. The lowest BCUT2D eigenvalue weighted by Gasteiger charge is -2.39. The molecular formula is C36H49FN8O3. The molecule has 3 aliphatic rings. The molecule has 1 aromatic heterocycles. The number of hydrogen-bond acceptors (Lipinski definition) is 10. The minimum absolute atomic E-state index is 0.152. The molecule has 4 heterocycles. The van der Waals surface area contributed by atoms with Crippen LogP contribution in [0.1, 0.15) is 39.2 Å². The summed E-state index contributed by atoms with van der Waals surface area (Å²) in [6.45, 7) is 15.3. The van der Waals surface area contributed by atoms with Crippen LogP contribution in [-0.4, -0.2) is 114 Å². The number of phenolic OH excluding ortho intramolecular Hbond substituents is 1. The summed E-state index contributed by atoms with van der Waals surface area (Å²) in [5.74, 6) is 0.932. The van der Waals surface area contributed by atoms with Crippen LogP contribution in [0, 0.1) is 11.7 Å². The van der Waals surface area contributed by atoms with Gasteiger partial charge in [0.05, 0.1) is 17.1 Å². The summed E-state index contributed by atoms with van der Waals surface area (Å²) in [6.07, 6.45) is 1.84. The molecule has 0 radical (unpaired) electrons. The van der Waals surface area contributed by atoms with Crippen LogP contribution in [-0.2, 0) is 11.3 Å². The number of nitrogens with zero attached hydrogens (tertiary/aromatic N) is 7. The van der Waals surface area contributed by atoms with Gasteiger partial charge >= 0.3 is 6.09 Å². The van der Waals surface area contributed by atoms with E-state index in [-0.39, 0.29) is 17.7 Å². The van der Waals surface area contributed by atoms with Crippen molar-refractivity contribution in [3.8, 4) is 17.0 Å². The molecular weight excluding hydrogens is 611 g/mol. The fraction of sp³-hybridized carbons (Fsp3) is 0.528. The topological polar surface area (TPSA) is 115 Å². The van der Waals surface area contributed by atoms with E-state index in [0.717, 1.165) is 83.0 Å². The normalized spacial score (nSPS) is 18.7. The highest BCUT2D eigenvalue weighted by atomic mass is 19.1. The summed E-state index contributed by atoms with van der Waals surface area (Å²) in [4.78, 5) is 23.4. The van der Waals surface area contributed by atoms with E-state index < -0.39 is 5.60 Å². The van der Waals surface area contributed by atoms with Crippen molar-refractivity contribution in [1.82, 2.24) is 24.9 Å². The van der Waals surface area contributed by atoms with Crippen LogP contribution in [0.3, 0.4) is 0 Å². The van der Waals surface area contributed by atoms with Gasteiger partial charge in [-0.15, -0.1) is 10.2 Å². The first-order chi connectivity index (χ1) is 23.0. The van der Waals surface area contributed by atoms with Crippen LogP contribution < -0.4 is 15.5 Å². The Morgan fingerprint density at radius 2 is 1.54 bits per heavy atom. The van der Waals surface area contributed by atoms with E-state index in [1.165, 1.54) is 0 Å². The number of anilines is 3. The molecule has 3 aliphatic heterocycles. The molecule has 0 atom stereocenters. The molecule has 3 saturated heterocycles. The molecule has 3 aromatic rings. The van der Waals surface area contributed by atoms with Crippen molar-refractivity contribution in [2.75, 3.05) is 87.5 Å². The smallest absolute Gasteiger partial charge is 0.410 e. The van der Waals surface area contributed by atoms with Crippen LogP contribution in [0.25, 0.3) is 11.3 Å². The summed E-state index contributed by atoms with van der Waals surface area (Å²) in [5, 5.41) is 18.6. The van der Waals surface area contributed by atoms with Crippen LogP contribution in [0.4, 0.5) is 26.4 Å². The van der Waals surface area contributed by atoms with E-state index in [1.807, 2.05) is 49.9 Å². The zero-order chi connectivity index (χ0) is 33.8. The molecule has 11 nitrogen and oxygen atoms in total. The minimum Gasteiger partial charge on any atom is -0.507 e. The first kappa shape index (κ1) is 33.7. The number of halogens is 1. The Hall–Kier alpha value is -4.16. The second-order valence-corrected chi connectivity index (χ2v) is 14.3. The van der Waals surface area contributed by atoms with E-state index in [0.29, 0.717) is 48.3 Å². The molecule has 3 fully saturated rings. The SMILES string of the molecule is CC(C)(C)OC(=O)N1CCN(CC2CCN(c3ccc(CN4CCN(c5cc(-c6ccccc6O)nnc5N)CC4)cc3F)CC2)CC1. The number of piperazine rings is 2. The molecule has 0 spiro atoms. The van der Waals surface area contributed by atoms with Gasteiger partial charge in [-0.25, -0.2) is 9.18 Å². The minimum atomic E-state index is -0.477. The zero-order valence-electron chi connectivity index (χ0n) is 28.4. The van der Waals surface area contributed by atoms with Crippen LogP contribution >= 0.6 is 0 Å². The fourth-order valence-corrected chi connectivity index (χ4v) is 6.94. The van der Waals surface area contributed by atoms with Crippen LogP contribution in [0.2, 0.25) is 0 Å². The number of benzene rings is 2. The van der Waals surface area contributed by atoms with Crippen molar-refractivity contribution >= 4 is 23.3 Å². The molecule has 48 heavy (non-hydrogen) atoms. The van der Waals surface area contributed by atoms with E-state index in [4.69, 9.17) is 10.5 Å². The Bertz CT molecular complexity index is 1560. The highest BCUT2D eigenvalue weighted by Crippen LogP contribution is 2.32. The number of phenols is 1. The number of hydrogen-bond donors (Lipinski definition) is 2. The predicted octanol–water partition coefficient (Wildman–Crippen LogP) is 4.66.